The molecule has 0 aliphatic heterocycles. The summed E-state index contributed by atoms with van der Waals surface area (Å²) in [5.41, 5.74) is 1.86. The summed E-state index contributed by atoms with van der Waals surface area (Å²) in [6.07, 6.45) is 1.91. The molecule has 2 aromatic rings. The van der Waals surface area contributed by atoms with E-state index in [1.54, 1.807) is 22.7 Å². The highest BCUT2D eigenvalue weighted by molar-refractivity contribution is 7.10. The summed E-state index contributed by atoms with van der Waals surface area (Å²) in [5.74, 6) is 0. The topological polar surface area (TPSA) is 24.9 Å². The van der Waals surface area contributed by atoms with Crippen LogP contribution in [-0.4, -0.2) is 4.98 Å². The Balaban J connectivity index is 1.76. The number of hydrogen-bond acceptors (Lipinski definition) is 4. The van der Waals surface area contributed by atoms with E-state index in [0.717, 1.165) is 13.1 Å². The molecule has 0 unspecified atom stereocenters. The van der Waals surface area contributed by atoms with Crippen molar-refractivity contribution in [3.05, 3.63) is 39.0 Å². The van der Waals surface area contributed by atoms with Crippen molar-refractivity contribution in [3.8, 4) is 0 Å². The molecule has 2 rings (SSSR count). The lowest BCUT2D eigenvalue weighted by Crippen LogP contribution is -2.10. The van der Waals surface area contributed by atoms with Gasteiger partial charge in [0.2, 0.25) is 0 Å². The van der Waals surface area contributed by atoms with Gasteiger partial charge in [-0.25, -0.2) is 0 Å². The summed E-state index contributed by atoms with van der Waals surface area (Å²) in [4.78, 5) is 6.69. The molecule has 2 heterocycles. The molecule has 0 atom stereocenters. The van der Waals surface area contributed by atoms with Gasteiger partial charge in [-0.05, 0) is 11.4 Å². The van der Waals surface area contributed by atoms with Gasteiger partial charge in [0.15, 0.2) is 0 Å². The number of aromatic nitrogens is 1. The van der Waals surface area contributed by atoms with E-state index in [1.807, 2.05) is 11.7 Å². The first-order chi connectivity index (χ1) is 6.45. The minimum Gasteiger partial charge on any atom is -0.307 e. The standard InChI is InChI=1S/C9H10N2S2/c1-2-8(12-3-1)4-10-5-9-6-11-7-13-9/h1-3,6-7,10H,4-5H2. The zero-order valence-corrected chi connectivity index (χ0v) is 8.70. The molecular weight excluding hydrogens is 200 g/mol. The van der Waals surface area contributed by atoms with Crippen LogP contribution in [0.25, 0.3) is 0 Å². The average molecular weight is 210 g/mol. The predicted octanol–water partition coefficient (Wildman–Crippen LogP) is 2.49. The highest BCUT2D eigenvalue weighted by Gasteiger charge is 1.95. The Morgan fingerprint density at radius 3 is 2.85 bits per heavy atom. The maximum absolute atomic E-state index is 4.02. The van der Waals surface area contributed by atoms with E-state index in [1.165, 1.54) is 9.75 Å². The fourth-order valence-corrected chi connectivity index (χ4v) is 2.29. The van der Waals surface area contributed by atoms with Crippen LogP contribution in [0.3, 0.4) is 0 Å². The lowest BCUT2D eigenvalue weighted by molar-refractivity contribution is 0.708. The zero-order valence-electron chi connectivity index (χ0n) is 7.06. The summed E-state index contributed by atoms with van der Waals surface area (Å²) < 4.78 is 0. The monoisotopic (exact) mass is 210 g/mol. The van der Waals surface area contributed by atoms with Gasteiger partial charge in [-0.2, -0.15) is 0 Å². The molecule has 0 spiro atoms. The van der Waals surface area contributed by atoms with E-state index in [2.05, 4.69) is 27.8 Å². The molecule has 0 aliphatic carbocycles. The van der Waals surface area contributed by atoms with E-state index in [-0.39, 0.29) is 0 Å². The van der Waals surface area contributed by atoms with Gasteiger partial charge in [0.05, 0.1) is 5.51 Å². The van der Waals surface area contributed by atoms with Gasteiger partial charge in [0.25, 0.3) is 0 Å². The highest BCUT2D eigenvalue weighted by Crippen LogP contribution is 2.09. The second-order valence-corrected chi connectivity index (χ2v) is 4.65. The summed E-state index contributed by atoms with van der Waals surface area (Å²) in [6.45, 7) is 1.87. The lowest BCUT2D eigenvalue weighted by atomic mass is 10.4. The second-order valence-electron chi connectivity index (χ2n) is 2.65. The Hall–Kier alpha value is -0.710. The molecule has 13 heavy (non-hydrogen) atoms. The third-order valence-corrected chi connectivity index (χ3v) is 3.32. The third-order valence-electron chi connectivity index (χ3n) is 1.66. The summed E-state index contributed by atoms with van der Waals surface area (Å²) in [6, 6.07) is 4.22. The van der Waals surface area contributed by atoms with Crippen molar-refractivity contribution in [1.29, 1.82) is 0 Å². The molecule has 0 fully saturated rings. The van der Waals surface area contributed by atoms with Crippen LogP contribution in [0.15, 0.2) is 29.2 Å². The predicted molar refractivity (Wildman–Crippen MR) is 57.0 cm³/mol. The van der Waals surface area contributed by atoms with Crippen molar-refractivity contribution < 1.29 is 0 Å². The highest BCUT2D eigenvalue weighted by atomic mass is 32.1. The Bertz CT molecular complexity index is 292. The van der Waals surface area contributed by atoms with E-state index >= 15 is 0 Å². The largest absolute Gasteiger partial charge is 0.307 e. The van der Waals surface area contributed by atoms with Gasteiger partial charge < -0.3 is 5.32 Å². The van der Waals surface area contributed by atoms with Crippen LogP contribution in [0.2, 0.25) is 0 Å². The van der Waals surface area contributed by atoms with Gasteiger partial charge in [-0.1, -0.05) is 6.07 Å². The van der Waals surface area contributed by atoms with Crippen molar-refractivity contribution in [2.75, 3.05) is 0 Å². The quantitative estimate of drug-likeness (QED) is 0.838. The van der Waals surface area contributed by atoms with Crippen LogP contribution >= 0.6 is 22.7 Å². The molecule has 0 aliphatic rings. The zero-order chi connectivity index (χ0) is 8.93. The number of thiophene rings is 1. The van der Waals surface area contributed by atoms with Gasteiger partial charge in [0.1, 0.15) is 0 Å². The first-order valence-corrected chi connectivity index (χ1v) is 5.81. The first kappa shape index (κ1) is 8.87. The molecule has 4 heteroatoms. The van der Waals surface area contributed by atoms with Crippen LogP contribution in [0.1, 0.15) is 9.75 Å². The van der Waals surface area contributed by atoms with Crippen LogP contribution in [0.5, 0.6) is 0 Å². The Labute approximate surface area is 85.3 Å². The number of rotatable bonds is 4. The molecule has 0 radical (unpaired) electrons. The molecular formula is C9H10N2S2. The fraction of sp³-hybridized carbons (Fsp3) is 0.222. The summed E-state index contributed by atoms with van der Waals surface area (Å²) in [7, 11) is 0. The second kappa shape index (κ2) is 4.50. The fourth-order valence-electron chi connectivity index (χ4n) is 1.05. The third kappa shape index (κ3) is 2.62. The molecule has 0 bridgehead atoms. The van der Waals surface area contributed by atoms with Crippen molar-refractivity contribution in [2.45, 2.75) is 13.1 Å². The minimum atomic E-state index is 0.919. The van der Waals surface area contributed by atoms with E-state index in [0.29, 0.717) is 0 Å². The van der Waals surface area contributed by atoms with Crippen molar-refractivity contribution in [2.24, 2.45) is 0 Å². The van der Waals surface area contributed by atoms with Gasteiger partial charge >= 0.3 is 0 Å². The molecule has 68 valence electrons. The van der Waals surface area contributed by atoms with E-state index in [9.17, 15) is 0 Å². The van der Waals surface area contributed by atoms with Crippen LogP contribution in [0.4, 0.5) is 0 Å². The first-order valence-electron chi connectivity index (χ1n) is 4.05. The molecule has 1 N–H and O–H groups in total. The molecule has 2 nitrogen and oxygen atoms in total. The normalized spacial score (nSPS) is 10.5. The number of nitrogens with one attached hydrogen (secondary N) is 1. The summed E-state index contributed by atoms with van der Waals surface area (Å²) >= 11 is 3.48. The smallest absolute Gasteiger partial charge is 0.0794 e. The Morgan fingerprint density at radius 1 is 1.23 bits per heavy atom. The van der Waals surface area contributed by atoms with Crippen LogP contribution in [0, 0.1) is 0 Å². The van der Waals surface area contributed by atoms with Gasteiger partial charge in [-0.15, -0.1) is 22.7 Å². The number of hydrogen-bond donors (Lipinski definition) is 1. The average Bonchev–Trinajstić information content (AvgIpc) is 2.75. The molecule has 0 amide bonds. The van der Waals surface area contributed by atoms with Gasteiger partial charge in [-0.3, -0.25) is 4.98 Å². The van der Waals surface area contributed by atoms with Crippen molar-refractivity contribution in [1.82, 2.24) is 10.3 Å². The molecule has 0 saturated heterocycles. The molecule has 0 saturated carbocycles. The van der Waals surface area contributed by atoms with Crippen LogP contribution in [-0.2, 0) is 13.1 Å². The van der Waals surface area contributed by atoms with Crippen molar-refractivity contribution in [3.63, 3.8) is 0 Å². The minimum absolute atomic E-state index is 0.919. The van der Waals surface area contributed by atoms with E-state index in [4.69, 9.17) is 0 Å². The van der Waals surface area contributed by atoms with E-state index < -0.39 is 0 Å². The van der Waals surface area contributed by atoms with Crippen LogP contribution < -0.4 is 5.32 Å². The van der Waals surface area contributed by atoms with Crippen molar-refractivity contribution >= 4 is 22.7 Å². The molecule has 2 aromatic heterocycles. The number of nitrogens with zero attached hydrogens (tertiary/aromatic N) is 1. The Morgan fingerprint density at radius 2 is 2.15 bits per heavy atom. The maximum atomic E-state index is 4.02. The maximum Gasteiger partial charge on any atom is 0.0794 e. The lowest BCUT2D eigenvalue weighted by Gasteiger charge is -1.98. The SMILES string of the molecule is c1csc(CNCc2cncs2)c1. The Kier molecular flexibility index (Phi) is 3.07. The summed E-state index contributed by atoms with van der Waals surface area (Å²) in [5, 5.41) is 5.47. The number of thiazole rings is 1. The van der Waals surface area contributed by atoms with Gasteiger partial charge in [0, 0.05) is 29.0 Å². The molecule has 0 aromatic carbocycles.